The lowest BCUT2D eigenvalue weighted by Gasteiger charge is -2.06. The fraction of sp³-hybridized carbons (Fsp3) is 0. The summed E-state index contributed by atoms with van der Waals surface area (Å²) in [5, 5.41) is 17.8. The molecule has 130 valence electrons. The van der Waals surface area contributed by atoms with Crippen molar-refractivity contribution in [1.82, 2.24) is 4.98 Å². The molecule has 0 amide bonds. The molecule has 3 aromatic carbocycles. The van der Waals surface area contributed by atoms with Gasteiger partial charge in [-0.2, -0.15) is 5.26 Å². The lowest BCUT2D eigenvalue weighted by atomic mass is 10.1. The predicted octanol–water partition coefficient (Wildman–Crippen LogP) is 6.70. The van der Waals surface area contributed by atoms with E-state index in [2.05, 4.69) is 50.5 Å². The highest BCUT2D eigenvalue weighted by molar-refractivity contribution is 9.10. The van der Waals surface area contributed by atoms with Crippen LogP contribution in [0.3, 0.4) is 0 Å². The Bertz CT molecular complexity index is 1180. The molecular weight excluding hydrogens is 418 g/mol. The van der Waals surface area contributed by atoms with Crippen molar-refractivity contribution in [2.24, 2.45) is 0 Å². The first-order valence-corrected chi connectivity index (χ1v) is 9.98. The number of nitrogens with one attached hydrogen (secondary N) is 1. The maximum Gasteiger partial charge on any atom is 0.136 e. The van der Waals surface area contributed by atoms with Crippen LogP contribution in [0.1, 0.15) is 5.01 Å². The molecule has 1 N–H and O–H groups in total. The van der Waals surface area contributed by atoms with Gasteiger partial charge in [-0.05, 0) is 23.6 Å². The van der Waals surface area contributed by atoms with E-state index in [9.17, 15) is 5.26 Å². The average Bonchev–Trinajstić information content (AvgIpc) is 3.19. The molecule has 0 radical (unpaired) electrons. The summed E-state index contributed by atoms with van der Waals surface area (Å²) in [5.41, 5.74) is 3.35. The lowest BCUT2D eigenvalue weighted by molar-refractivity contribution is 1.36. The first-order valence-electron chi connectivity index (χ1n) is 8.31. The van der Waals surface area contributed by atoms with Crippen LogP contribution >= 0.6 is 27.3 Å². The monoisotopic (exact) mass is 431 g/mol. The molecule has 0 unspecified atom stereocenters. The van der Waals surface area contributed by atoms with E-state index in [-0.39, 0.29) is 0 Å². The number of rotatable bonds is 4. The molecule has 0 bridgehead atoms. The van der Waals surface area contributed by atoms with E-state index in [0.717, 1.165) is 32.2 Å². The van der Waals surface area contributed by atoms with Crippen molar-refractivity contribution in [2.45, 2.75) is 0 Å². The zero-order valence-electron chi connectivity index (χ0n) is 14.2. The Morgan fingerprint density at radius 1 is 1.07 bits per heavy atom. The van der Waals surface area contributed by atoms with E-state index in [1.54, 1.807) is 6.20 Å². The van der Waals surface area contributed by atoms with Crippen molar-refractivity contribution in [1.29, 1.82) is 5.26 Å². The van der Waals surface area contributed by atoms with Gasteiger partial charge in [-0.1, -0.05) is 64.5 Å². The zero-order valence-corrected chi connectivity index (χ0v) is 16.6. The fourth-order valence-corrected chi connectivity index (χ4v) is 4.01. The SMILES string of the molecule is N#CC(=CNc1cccc2ccccc12)c1nc(-c2cccc(Br)c2)cs1. The van der Waals surface area contributed by atoms with E-state index >= 15 is 0 Å². The summed E-state index contributed by atoms with van der Waals surface area (Å²) in [4.78, 5) is 4.63. The molecule has 1 heterocycles. The number of aromatic nitrogens is 1. The number of hydrogen-bond acceptors (Lipinski definition) is 4. The van der Waals surface area contributed by atoms with Gasteiger partial charge in [-0.25, -0.2) is 4.98 Å². The van der Waals surface area contributed by atoms with Gasteiger partial charge >= 0.3 is 0 Å². The maximum atomic E-state index is 9.60. The highest BCUT2D eigenvalue weighted by atomic mass is 79.9. The summed E-state index contributed by atoms with van der Waals surface area (Å²) in [6.45, 7) is 0. The van der Waals surface area contributed by atoms with E-state index < -0.39 is 0 Å². The number of benzene rings is 3. The van der Waals surface area contributed by atoms with E-state index in [4.69, 9.17) is 0 Å². The highest BCUT2D eigenvalue weighted by Crippen LogP contribution is 2.28. The molecule has 5 heteroatoms. The van der Waals surface area contributed by atoms with Gasteiger partial charge in [0.05, 0.1) is 5.69 Å². The van der Waals surface area contributed by atoms with Gasteiger partial charge in [0.2, 0.25) is 0 Å². The number of halogens is 1. The van der Waals surface area contributed by atoms with E-state index in [1.807, 2.05) is 53.9 Å². The second-order valence-electron chi connectivity index (χ2n) is 5.89. The van der Waals surface area contributed by atoms with Crippen LogP contribution in [0.15, 0.2) is 82.8 Å². The summed E-state index contributed by atoms with van der Waals surface area (Å²) in [6.07, 6.45) is 1.73. The summed E-state index contributed by atoms with van der Waals surface area (Å²) in [6, 6.07) is 24.5. The lowest BCUT2D eigenvalue weighted by Crippen LogP contribution is -1.92. The van der Waals surface area contributed by atoms with Crippen molar-refractivity contribution >= 4 is 49.3 Å². The summed E-state index contributed by atoms with van der Waals surface area (Å²) in [5.74, 6) is 0. The maximum absolute atomic E-state index is 9.60. The Morgan fingerprint density at radius 2 is 1.89 bits per heavy atom. The van der Waals surface area contributed by atoms with Crippen LogP contribution in [0.25, 0.3) is 27.6 Å². The first-order chi connectivity index (χ1) is 13.2. The van der Waals surface area contributed by atoms with Gasteiger partial charge in [-0.15, -0.1) is 11.3 Å². The van der Waals surface area contributed by atoms with Crippen molar-refractivity contribution < 1.29 is 0 Å². The number of nitrogens with zero attached hydrogens (tertiary/aromatic N) is 2. The van der Waals surface area contributed by atoms with Crippen LogP contribution < -0.4 is 5.32 Å². The van der Waals surface area contributed by atoms with Crippen LogP contribution in [0.5, 0.6) is 0 Å². The molecule has 4 aromatic rings. The summed E-state index contributed by atoms with van der Waals surface area (Å²) >= 11 is 4.95. The minimum atomic E-state index is 0.509. The highest BCUT2D eigenvalue weighted by Gasteiger charge is 2.09. The van der Waals surface area contributed by atoms with Crippen LogP contribution in [0.4, 0.5) is 5.69 Å². The minimum Gasteiger partial charge on any atom is -0.360 e. The number of hydrogen-bond donors (Lipinski definition) is 1. The topological polar surface area (TPSA) is 48.7 Å². The number of thiazole rings is 1. The van der Waals surface area contributed by atoms with Crippen molar-refractivity contribution in [2.75, 3.05) is 5.32 Å². The third-order valence-electron chi connectivity index (χ3n) is 4.14. The molecule has 0 spiro atoms. The van der Waals surface area contributed by atoms with Gasteiger partial charge in [-0.3, -0.25) is 0 Å². The normalized spacial score (nSPS) is 11.3. The minimum absolute atomic E-state index is 0.509. The van der Waals surface area contributed by atoms with E-state index in [1.165, 1.54) is 11.3 Å². The Hall–Kier alpha value is -2.94. The van der Waals surface area contributed by atoms with Gasteiger partial charge in [0.25, 0.3) is 0 Å². The molecule has 0 atom stereocenters. The molecule has 0 saturated heterocycles. The summed E-state index contributed by atoms with van der Waals surface area (Å²) in [7, 11) is 0. The third-order valence-corrected chi connectivity index (χ3v) is 5.51. The van der Waals surface area contributed by atoms with Gasteiger partial charge in [0.1, 0.15) is 16.6 Å². The number of fused-ring (bicyclic) bond motifs is 1. The fourth-order valence-electron chi connectivity index (χ4n) is 2.82. The van der Waals surface area contributed by atoms with Gasteiger partial charge < -0.3 is 5.32 Å². The predicted molar refractivity (Wildman–Crippen MR) is 116 cm³/mol. The average molecular weight is 432 g/mol. The second kappa shape index (κ2) is 7.75. The molecular formula is C22H14BrN3S. The molecule has 0 fully saturated rings. The van der Waals surface area contributed by atoms with Crippen molar-refractivity contribution in [3.8, 4) is 17.3 Å². The molecule has 1 aromatic heterocycles. The van der Waals surface area contributed by atoms with Crippen molar-refractivity contribution in [3.63, 3.8) is 0 Å². The smallest absolute Gasteiger partial charge is 0.136 e. The third kappa shape index (κ3) is 3.77. The molecule has 0 aliphatic heterocycles. The van der Waals surface area contributed by atoms with Crippen LogP contribution in [-0.2, 0) is 0 Å². The quantitative estimate of drug-likeness (QED) is 0.365. The van der Waals surface area contributed by atoms with Crippen LogP contribution in [0.2, 0.25) is 0 Å². The van der Waals surface area contributed by atoms with Gasteiger partial charge in [0.15, 0.2) is 0 Å². The summed E-state index contributed by atoms with van der Waals surface area (Å²) < 4.78 is 1.00. The molecule has 0 aliphatic rings. The molecule has 4 rings (SSSR count). The Morgan fingerprint density at radius 3 is 2.74 bits per heavy atom. The van der Waals surface area contributed by atoms with Gasteiger partial charge in [0, 0.05) is 32.7 Å². The molecule has 0 saturated carbocycles. The van der Waals surface area contributed by atoms with Crippen LogP contribution in [-0.4, -0.2) is 4.98 Å². The van der Waals surface area contributed by atoms with Crippen molar-refractivity contribution in [3.05, 3.63) is 87.8 Å². The Kier molecular flexibility index (Phi) is 5.01. The largest absolute Gasteiger partial charge is 0.360 e. The van der Waals surface area contributed by atoms with Crippen LogP contribution in [0, 0.1) is 11.3 Å². The first kappa shape index (κ1) is 17.5. The Labute approximate surface area is 169 Å². The number of nitriles is 1. The van der Waals surface area contributed by atoms with E-state index in [0.29, 0.717) is 10.6 Å². The number of anilines is 1. The molecule has 27 heavy (non-hydrogen) atoms. The second-order valence-corrected chi connectivity index (χ2v) is 7.66. The Balaban J connectivity index is 1.63. The standard InChI is InChI=1S/C22H14BrN3S/c23-18-8-3-7-16(11-18)21-14-27-22(26-21)17(12-24)13-25-20-10-4-6-15-5-1-2-9-19(15)20/h1-11,13-14,25H. The molecule has 0 aliphatic carbocycles. The molecule has 3 nitrogen and oxygen atoms in total. The number of allylic oxidation sites excluding steroid dienone is 1. The zero-order chi connectivity index (χ0) is 18.6.